The molecule has 0 fully saturated rings. The van der Waals surface area contributed by atoms with Crippen LogP contribution >= 0.6 is 15.9 Å². The standard InChI is InChI=1S/C21H26BrNO/c1-23(2)16-10-9-15-21(20(24)17-22,18-11-5-3-6-12-18)19-13-7-4-8-14-19/h3-8,11-14H,9-10,15-17H2,1-2H3. The largest absolute Gasteiger partial charge is 0.309 e. The number of nitrogens with zero attached hydrogens (tertiary/aromatic N) is 1. The number of Topliss-reactive ketones (excluding diaryl/α,β-unsaturated/α-hetero) is 1. The van der Waals surface area contributed by atoms with Gasteiger partial charge in [0, 0.05) is 0 Å². The van der Waals surface area contributed by atoms with Gasteiger partial charge >= 0.3 is 0 Å². The maximum absolute atomic E-state index is 13.1. The summed E-state index contributed by atoms with van der Waals surface area (Å²) < 4.78 is 0. The second-order valence-corrected chi connectivity index (χ2v) is 7.02. The smallest absolute Gasteiger partial charge is 0.158 e. The molecule has 2 aromatic carbocycles. The Morgan fingerprint density at radius 2 is 1.42 bits per heavy atom. The molecule has 3 heteroatoms. The van der Waals surface area contributed by atoms with Gasteiger partial charge in [0.2, 0.25) is 0 Å². The lowest BCUT2D eigenvalue weighted by molar-refractivity contribution is -0.120. The summed E-state index contributed by atoms with van der Waals surface area (Å²) in [5.74, 6) is 0.227. The highest BCUT2D eigenvalue weighted by atomic mass is 79.9. The molecule has 128 valence electrons. The minimum Gasteiger partial charge on any atom is -0.309 e. The number of halogens is 1. The SMILES string of the molecule is CN(C)CCCCC(C(=O)CBr)(c1ccccc1)c1ccccc1. The van der Waals surface area contributed by atoms with Crippen LogP contribution < -0.4 is 0 Å². The lowest BCUT2D eigenvalue weighted by atomic mass is 9.68. The van der Waals surface area contributed by atoms with Gasteiger partial charge in [0.1, 0.15) is 0 Å². The Bertz CT molecular complexity index is 585. The fraction of sp³-hybridized carbons (Fsp3) is 0.381. The number of ketones is 1. The average molecular weight is 388 g/mol. The lowest BCUT2D eigenvalue weighted by Gasteiger charge is -2.33. The summed E-state index contributed by atoms with van der Waals surface area (Å²) in [6, 6.07) is 20.4. The van der Waals surface area contributed by atoms with Gasteiger partial charge in [-0.3, -0.25) is 4.79 Å². The zero-order valence-corrected chi connectivity index (χ0v) is 16.1. The van der Waals surface area contributed by atoms with Crippen LogP contribution in [0.3, 0.4) is 0 Å². The van der Waals surface area contributed by atoms with Crippen molar-refractivity contribution < 1.29 is 4.79 Å². The molecule has 0 atom stereocenters. The Morgan fingerprint density at radius 1 is 0.917 bits per heavy atom. The molecular formula is C21H26BrNO. The van der Waals surface area contributed by atoms with Gasteiger partial charge in [0.15, 0.2) is 5.78 Å². The lowest BCUT2D eigenvalue weighted by Crippen LogP contribution is -2.38. The molecule has 0 saturated heterocycles. The van der Waals surface area contributed by atoms with Crippen LogP contribution in [0.15, 0.2) is 60.7 Å². The third-order valence-electron chi connectivity index (χ3n) is 4.54. The number of carbonyl (C=O) groups is 1. The van der Waals surface area contributed by atoms with Crippen LogP contribution in [0.4, 0.5) is 0 Å². The first-order valence-corrected chi connectivity index (χ1v) is 9.58. The number of carbonyl (C=O) groups excluding carboxylic acids is 1. The van der Waals surface area contributed by atoms with Crippen molar-refractivity contribution >= 4 is 21.7 Å². The van der Waals surface area contributed by atoms with Gasteiger partial charge in [-0.05, 0) is 44.6 Å². The van der Waals surface area contributed by atoms with E-state index >= 15 is 0 Å². The first-order valence-electron chi connectivity index (χ1n) is 8.46. The third-order valence-corrected chi connectivity index (χ3v) is 5.05. The number of hydrogen-bond acceptors (Lipinski definition) is 2. The Labute approximate surface area is 154 Å². The van der Waals surface area contributed by atoms with Crippen molar-refractivity contribution in [3.05, 3.63) is 71.8 Å². The van der Waals surface area contributed by atoms with Gasteiger partial charge in [-0.15, -0.1) is 0 Å². The molecule has 2 nitrogen and oxygen atoms in total. The zero-order valence-electron chi connectivity index (χ0n) is 14.5. The number of alkyl halides is 1. The predicted molar refractivity (Wildman–Crippen MR) is 105 cm³/mol. The molecule has 0 N–H and O–H groups in total. The van der Waals surface area contributed by atoms with E-state index in [1.165, 1.54) is 0 Å². The predicted octanol–water partition coefficient (Wildman–Crippen LogP) is 4.67. The maximum Gasteiger partial charge on any atom is 0.158 e. The van der Waals surface area contributed by atoms with Crippen LogP contribution in [0.25, 0.3) is 0 Å². The molecule has 0 bridgehead atoms. The molecule has 0 unspecified atom stereocenters. The monoisotopic (exact) mass is 387 g/mol. The van der Waals surface area contributed by atoms with Crippen LogP contribution in [0, 0.1) is 0 Å². The first-order chi connectivity index (χ1) is 11.6. The van der Waals surface area contributed by atoms with Crippen molar-refractivity contribution in [1.82, 2.24) is 4.90 Å². The van der Waals surface area contributed by atoms with E-state index in [-0.39, 0.29) is 5.78 Å². The third kappa shape index (κ3) is 4.34. The molecule has 0 radical (unpaired) electrons. The molecule has 0 aliphatic carbocycles. The van der Waals surface area contributed by atoms with Crippen molar-refractivity contribution in [2.45, 2.75) is 24.7 Å². The molecule has 0 amide bonds. The van der Waals surface area contributed by atoms with E-state index in [1.807, 2.05) is 36.4 Å². The molecule has 2 rings (SSSR count). The molecule has 0 aromatic heterocycles. The van der Waals surface area contributed by atoms with E-state index in [1.54, 1.807) is 0 Å². The second-order valence-electron chi connectivity index (χ2n) is 6.45. The Kier molecular flexibility index (Phi) is 7.19. The Hall–Kier alpha value is -1.45. The molecule has 0 spiro atoms. The topological polar surface area (TPSA) is 20.3 Å². The summed E-state index contributed by atoms with van der Waals surface area (Å²) in [5.41, 5.74) is 1.61. The highest BCUT2D eigenvalue weighted by Crippen LogP contribution is 2.38. The quantitative estimate of drug-likeness (QED) is 0.460. The second kappa shape index (κ2) is 9.14. The van der Waals surface area contributed by atoms with Crippen molar-refractivity contribution in [2.75, 3.05) is 26.0 Å². The molecule has 0 heterocycles. The number of rotatable bonds is 9. The molecule has 2 aromatic rings. The van der Waals surface area contributed by atoms with Crippen LogP contribution in [-0.2, 0) is 10.2 Å². The Morgan fingerprint density at radius 3 is 1.83 bits per heavy atom. The number of hydrogen-bond donors (Lipinski definition) is 0. The minimum absolute atomic E-state index is 0.227. The summed E-state index contributed by atoms with van der Waals surface area (Å²) in [6.45, 7) is 1.04. The van der Waals surface area contributed by atoms with Gasteiger partial charge in [-0.1, -0.05) is 83.0 Å². The van der Waals surface area contributed by atoms with E-state index in [4.69, 9.17) is 0 Å². The minimum atomic E-state index is -0.571. The highest BCUT2D eigenvalue weighted by molar-refractivity contribution is 9.09. The average Bonchev–Trinajstić information content (AvgIpc) is 2.63. The molecule has 0 saturated carbocycles. The summed E-state index contributed by atoms with van der Waals surface area (Å²) >= 11 is 3.42. The molecule has 0 aliphatic heterocycles. The van der Waals surface area contributed by atoms with E-state index in [2.05, 4.69) is 59.2 Å². The normalized spacial score (nSPS) is 11.7. The summed E-state index contributed by atoms with van der Waals surface area (Å²) in [5, 5.41) is 0.366. The van der Waals surface area contributed by atoms with Crippen LogP contribution in [-0.4, -0.2) is 36.7 Å². The van der Waals surface area contributed by atoms with Crippen molar-refractivity contribution in [2.24, 2.45) is 0 Å². The summed E-state index contributed by atoms with van der Waals surface area (Å²) in [4.78, 5) is 15.3. The van der Waals surface area contributed by atoms with E-state index in [9.17, 15) is 4.79 Å². The van der Waals surface area contributed by atoms with Crippen molar-refractivity contribution in [1.29, 1.82) is 0 Å². The van der Waals surface area contributed by atoms with Gasteiger partial charge < -0.3 is 4.90 Å². The van der Waals surface area contributed by atoms with E-state index < -0.39 is 5.41 Å². The van der Waals surface area contributed by atoms with Gasteiger partial charge in [-0.25, -0.2) is 0 Å². The Balaban J connectivity index is 2.43. The molecule has 0 aliphatic rings. The van der Waals surface area contributed by atoms with Crippen molar-refractivity contribution in [3.63, 3.8) is 0 Å². The summed E-state index contributed by atoms with van der Waals surface area (Å²) in [6.07, 6.45) is 2.93. The highest BCUT2D eigenvalue weighted by Gasteiger charge is 2.40. The summed E-state index contributed by atoms with van der Waals surface area (Å²) in [7, 11) is 4.18. The zero-order chi connectivity index (χ0) is 17.4. The fourth-order valence-electron chi connectivity index (χ4n) is 3.29. The van der Waals surface area contributed by atoms with Gasteiger partial charge in [0.25, 0.3) is 0 Å². The first kappa shape index (κ1) is 18.9. The molecular weight excluding hydrogens is 362 g/mol. The van der Waals surface area contributed by atoms with Crippen molar-refractivity contribution in [3.8, 4) is 0 Å². The number of unbranched alkanes of at least 4 members (excludes halogenated alkanes) is 1. The van der Waals surface area contributed by atoms with Crippen LogP contribution in [0.2, 0.25) is 0 Å². The molecule has 24 heavy (non-hydrogen) atoms. The fourth-order valence-corrected chi connectivity index (χ4v) is 3.77. The van der Waals surface area contributed by atoms with Gasteiger partial charge in [-0.2, -0.15) is 0 Å². The van der Waals surface area contributed by atoms with E-state index in [0.717, 1.165) is 36.9 Å². The maximum atomic E-state index is 13.1. The van der Waals surface area contributed by atoms with Crippen LogP contribution in [0.1, 0.15) is 30.4 Å². The van der Waals surface area contributed by atoms with Gasteiger partial charge in [0.05, 0.1) is 10.7 Å². The van der Waals surface area contributed by atoms with Crippen LogP contribution in [0.5, 0.6) is 0 Å². The van der Waals surface area contributed by atoms with E-state index in [0.29, 0.717) is 5.33 Å². The number of benzene rings is 2.